The molecule has 18 heavy (non-hydrogen) atoms. The predicted octanol–water partition coefficient (Wildman–Crippen LogP) is 3.17. The molecular formula is C14H21ClN2O. The summed E-state index contributed by atoms with van der Waals surface area (Å²) in [6.07, 6.45) is 2.63. The molecule has 4 heteroatoms. The average molecular weight is 269 g/mol. The second kappa shape index (κ2) is 5.81. The second-order valence-electron chi connectivity index (χ2n) is 4.98. The Bertz CT molecular complexity index is 407. The summed E-state index contributed by atoms with van der Waals surface area (Å²) in [7, 11) is 1.73. The number of rotatable bonds is 6. The van der Waals surface area contributed by atoms with Crippen molar-refractivity contribution in [2.75, 3.05) is 30.9 Å². The Kier molecular flexibility index (Phi) is 4.36. The fourth-order valence-corrected chi connectivity index (χ4v) is 2.62. The molecule has 0 heterocycles. The van der Waals surface area contributed by atoms with E-state index in [1.54, 1.807) is 7.11 Å². The first-order valence-corrected chi connectivity index (χ1v) is 6.82. The molecule has 100 valence electrons. The normalized spacial score (nSPS) is 16.6. The Hall–Kier alpha value is -0.930. The van der Waals surface area contributed by atoms with Crippen molar-refractivity contribution in [2.24, 2.45) is 5.92 Å². The number of nitrogens with zero attached hydrogens (tertiary/aromatic N) is 1. The van der Waals surface area contributed by atoms with E-state index in [-0.39, 0.29) is 0 Å². The zero-order valence-electron chi connectivity index (χ0n) is 11.0. The van der Waals surface area contributed by atoms with E-state index >= 15 is 0 Å². The second-order valence-corrected chi connectivity index (χ2v) is 5.38. The van der Waals surface area contributed by atoms with Crippen LogP contribution in [0, 0.1) is 5.92 Å². The standard InChI is InChI=1S/C14H21ClN2O/c1-10(11-3-4-11)17(7-8-18-2)14-6-5-12(16)9-13(14)15/h5-6,9-11H,3-4,7-8,16H2,1-2H3. The number of nitrogens with two attached hydrogens (primary N) is 1. The number of methoxy groups -OCH3 is 1. The fourth-order valence-electron chi connectivity index (χ4n) is 2.32. The molecule has 0 amide bonds. The van der Waals surface area contributed by atoms with Gasteiger partial charge in [0, 0.05) is 25.4 Å². The van der Waals surface area contributed by atoms with Crippen LogP contribution in [0.5, 0.6) is 0 Å². The predicted molar refractivity (Wildman–Crippen MR) is 77.3 cm³/mol. The van der Waals surface area contributed by atoms with Gasteiger partial charge in [-0.05, 0) is 43.9 Å². The third-order valence-electron chi connectivity index (χ3n) is 3.61. The van der Waals surface area contributed by atoms with Crippen LogP contribution in [-0.4, -0.2) is 26.3 Å². The first-order chi connectivity index (χ1) is 8.63. The molecule has 1 saturated carbocycles. The van der Waals surface area contributed by atoms with E-state index in [0.717, 1.165) is 23.2 Å². The Morgan fingerprint density at radius 1 is 1.50 bits per heavy atom. The van der Waals surface area contributed by atoms with Gasteiger partial charge in [0.2, 0.25) is 0 Å². The third kappa shape index (κ3) is 3.09. The maximum atomic E-state index is 6.31. The van der Waals surface area contributed by atoms with Gasteiger partial charge < -0.3 is 15.4 Å². The maximum absolute atomic E-state index is 6.31. The Balaban J connectivity index is 2.20. The van der Waals surface area contributed by atoms with Crippen LogP contribution < -0.4 is 10.6 Å². The summed E-state index contributed by atoms with van der Waals surface area (Å²) in [6.45, 7) is 3.83. The molecule has 0 saturated heterocycles. The lowest BCUT2D eigenvalue weighted by Crippen LogP contribution is -2.37. The Labute approximate surface area is 114 Å². The third-order valence-corrected chi connectivity index (χ3v) is 3.92. The maximum Gasteiger partial charge on any atom is 0.0660 e. The van der Waals surface area contributed by atoms with Crippen LogP contribution in [-0.2, 0) is 4.74 Å². The van der Waals surface area contributed by atoms with Crippen molar-refractivity contribution in [1.82, 2.24) is 0 Å². The number of anilines is 2. The average Bonchev–Trinajstić information content (AvgIpc) is 3.15. The Morgan fingerprint density at radius 3 is 2.78 bits per heavy atom. The molecule has 1 aromatic carbocycles. The van der Waals surface area contributed by atoms with Gasteiger partial charge in [-0.1, -0.05) is 11.6 Å². The molecule has 2 rings (SSSR count). The molecule has 2 N–H and O–H groups in total. The lowest BCUT2D eigenvalue weighted by atomic mass is 10.1. The first kappa shape index (κ1) is 13.5. The molecule has 0 aromatic heterocycles. The SMILES string of the molecule is COCCN(c1ccc(N)cc1Cl)C(C)C1CC1. The summed E-state index contributed by atoms with van der Waals surface area (Å²) in [6, 6.07) is 6.23. The minimum absolute atomic E-state index is 0.501. The van der Waals surface area contributed by atoms with E-state index in [1.165, 1.54) is 12.8 Å². The van der Waals surface area contributed by atoms with Gasteiger partial charge in [0.25, 0.3) is 0 Å². The van der Waals surface area contributed by atoms with Crippen LogP contribution in [0.25, 0.3) is 0 Å². The molecule has 1 aliphatic rings. The molecule has 1 unspecified atom stereocenters. The van der Waals surface area contributed by atoms with E-state index in [4.69, 9.17) is 22.1 Å². The van der Waals surface area contributed by atoms with Crippen molar-refractivity contribution >= 4 is 23.0 Å². The largest absolute Gasteiger partial charge is 0.399 e. The minimum Gasteiger partial charge on any atom is -0.399 e. The van der Waals surface area contributed by atoms with Gasteiger partial charge in [0.1, 0.15) is 0 Å². The molecule has 1 fully saturated rings. The molecule has 0 aliphatic heterocycles. The van der Waals surface area contributed by atoms with Crippen LogP contribution >= 0.6 is 11.6 Å². The van der Waals surface area contributed by atoms with Crippen molar-refractivity contribution in [1.29, 1.82) is 0 Å². The van der Waals surface area contributed by atoms with Gasteiger partial charge in [-0.15, -0.1) is 0 Å². The molecule has 3 nitrogen and oxygen atoms in total. The van der Waals surface area contributed by atoms with E-state index in [1.807, 2.05) is 18.2 Å². The van der Waals surface area contributed by atoms with Crippen molar-refractivity contribution in [3.63, 3.8) is 0 Å². The molecule has 1 atom stereocenters. The van der Waals surface area contributed by atoms with E-state index in [2.05, 4.69) is 11.8 Å². The summed E-state index contributed by atoms with van der Waals surface area (Å²) in [5, 5.41) is 0.721. The highest BCUT2D eigenvalue weighted by Crippen LogP contribution is 2.38. The minimum atomic E-state index is 0.501. The molecule has 0 spiro atoms. The lowest BCUT2D eigenvalue weighted by Gasteiger charge is -2.32. The van der Waals surface area contributed by atoms with Crippen LogP contribution in [0.3, 0.4) is 0 Å². The van der Waals surface area contributed by atoms with Crippen molar-refractivity contribution in [3.8, 4) is 0 Å². The number of nitrogen functional groups attached to an aromatic ring is 1. The van der Waals surface area contributed by atoms with E-state index in [9.17, 15) is 0 Å². The van der Waals surface area contributed by atoms with Crippen LogP contribution in [0.4, 0.5) is 11.4 Å². The highest BCUT2D eigenvalue weighted by atomic mass is 35.5. The summed E-state index contributed by atoms with van der Waals surface area (Å²) in [5.74, 6) is 0.787. The smallest absolute Gasteiger partial charge is 0.0660 e. The summed E-state index contributed by atoms with van der Waals surface area (Å²) >= 11 is 6.31. The molecule has 1 aromatic rings. The summed E-state index contributed by atoms with van der Waals surface area (Å²) in [4.78, 5) is 2.34. The summed E-state index contributed by atoms with van der Waals surface area (Å²) < 4.78 is 5.20. The van der Waals surface area contributed by atoms with Crippen LogP contribution in [0.2, 0.25) is 5.02 Å². The van der Waals surface area contributed by atoms with Crippen molar-refractivity contribution < 1.29 is 4.74 Å². The lowest BCUT2D eigenvalue weighted by molar-refractivity contribution is 0.202. The summed E-state index contributed by atoms with van der Waals surface area (Å²) in [5.41, 5.74) is 7.51. The number of hydrogen-bond acceptors (Lipinski definition) is 3. The topological polar surface area (TPSA) is 38.5 Å². The fraction of sp³-hybridized carbons (Fsp3) is 0.571. The molecule has 0 bridgehead atoms. The number of halogens is 1. The first-order valence-electron chi connectivity index (χ1n) is 6.44. The van der Waals surface area contributed by atoms with E-state index < -0.39 is 0 Å². The molecular weight excluding hydrogens is 248 g/mol. The van der Waals surface area contributed by atoms with E-state index in [0.29, 0.717) is 18.3 Å². The number of ether oxygens (including phenoxy) is 1. The van der Waals surface area contributed by atoms with Gasteiger partial charge in [-0.2, -0.15) is 0 Å². The zero-order valence-corrected chi connectivity index (χ0v) is 11.8. The molecule has 0 radical (unpaired) electrons. The van der Waals surface area contributed by atoms with Crippen molar-refractivity contribution in [3.05, 3.63) is 23.2 Å². The Morgan fingerprint density at radius 2 is 2.22 bits per heavy atom. The zero-order chi connectivity index (χ0) is 13.1. The van der Waals surface area contributed by atoms with Gasteiger partial charge in [0.05, 0.1) is 17.3 Å². The highest BCUT2D eigenvalue weighted by molar-refractivity contribution is 6.33. The van der Waals surface area contributed by atoms with Gasteiger partial charge in [-0.3, -0.25) is 0 Å². The van der Waals surface area contributed by atoms with Crippen LogP contribution in [0.15, 0.2) is 18.2 Å². The highest BCUT2D eigenvalue weighted by Gasteiger charge is 2.32. The monoisotopic (exact) mass is 268 g/mol. The van der Waals surface area contributed by atoms with Gasteiger partial charge >= 0.3 is 0 Å². The quantitative estimate of drug-likeness (QED) is 0.806. The number of benzene rings is 1. The van der Waals surface area contributed by atoms with Gasteiger partial charge in [-0.25, -0.2) is 0 Å². The molecule has 1 aliphatic carbocycles. The van der Waals surface area contributed by atoms with Crippen molar-refractivity contribution in [2.45, 2.75) is 25.8 Å². The van der Waals surface area contributed by atoms with Gasteiger partial charge in [0.15, 0.2) is 0 Å². The number of hydrogen-bond donors (Lipinski definition) is 1. The van der Waals surface area contributed by atoms with Crippen LogP contribution in [0.1, 0.15) is 19.8 Å².